The number of hydrazine groups is 1. The zero-order valence-electron chi connectivity index (χ0n) is 27.7. The molecule has 3 aromatic carbocycles. The lowest BCUT2D eigenvalue weighted by Gasteiger charge is -2.27. The monoisotopic (exact) mass is 716 g/mol. The Hall–Kier alpha value is -5.45. The van der Waals surface area contributed by atoms with Crippen molar-refractivity contribution in [1.82, 2.24) is 19.5 Å². The summed E-state index contributed by atoms with van der Waals surface area (Å²) in [5.41, 5.74) is 0.718. The molecule has 1 aromatic heterocycles. The number of nitrogens with one attached hydrogen (secondary N) is 1. The van der Waals surface area contributed by atoms with Gasteiger partial charge in [-0.25, -0.2) is 22.6 Å². The van der Waals surface area contributed by atoms with Crippen LogP contribution in [0, 0.1) is 18.0 Å². The van der Waals surface area contributed by atoms with Gasteiger partial charge in [-0.2, -0.15) is 18.3 Å². The lowest BCUT2D eigenvalue weighted by molar-refractivity contribution is -0.713. The summed E-state index contributed by atoms with van der Waals surface area (Å²) in [5.74, 6) is -2.36. The molecule has 0 aliphatic heterocycles. The van der Waals surface area contributed by atoms with E-state index in [1.54, 1.807) is 56.3 Å². The molecule has 50 heavy (non-hydrogen) atoms. The minimum Gasteiger partial charge on any atom is -0.569 e. The molecule has 0 radical (unpaired) electrons. The van der Waals surface area contributed by atoms with Gasteiger partial charge in [0.1, 0.15) is 0 Å². The number of carbonyl (C=O) groups excluding carboxylic acids is 2. The average molecular weight is 717 g/mol. The van der Waals surface area contributed by atoms with Crippen molar-refractivity contribution in [2.75, 3.05) is 7.05 Å². The number of aromatic nitrogens is 2. The average Bonchev–Trinajstić information content (AvgIpc) is 3.54. The van der Waals surface area contributed by atoms with Crippen molar-refractivity contribution in [3.63, 3.8) is 0 Å². The van der Waals surface area contributed by atoms with Gasteiger partial charge in [-0.1, -0.05) is 68.3 Å². The smallest absolute Gasteiger partial charge is 0.435 e. The van der Waals surface area contributed by atoms with Gasteiger partial charge >= 0.3 is 12.1 Å². The molecule has 266 valence electrons. The number of benzene rings is 3. The normalized spacial score (nSPS) is 14.0. The van der Waals surface area contributed by atoms with Gasteiger partial charge in [-0.15, -0.1) is 5.01 Å². The van der Waals surface area contributed by atoms with Crippen LogP contribution >= 0.6 is 0 Å². The van der Waals surface area contributed by atoms with E-state index in [1.807, 2.05) is 11.6 Å². The number of hydrogen-bond donors (Lipinski definition) is 1. The van der Waals surface area contributed by atoms with Crippen LogP contribution in [0.5, 0.6) is 0 Å². The number of halogens is 3. The number of likely N-dealkylation sites (N-methyl/N-ethyl adjacent to an activating group) is 1. The maximum Gasteiger partial charge on any atom is 0.435 e. The molecule has 4 aromatic rings. The Labute approximate surface area is 286 Å². The lowest BCUT2D eigenvalue weighted by atomic mass is 9.98. The number of carbonyl (C=O) groups is 2. The first-order valence-corrected chi connectivity index (χ1v) is 16.7. The molecule has 4 rings (SSSR count). The SMILES string of the molecule is CC[C@@H](C)[C@@H](C(=O)NS(=O)(=O)c1ccc(-n2nc(C(F)(F)F)cc2-c2ccc(C)cc2)cc1)N(C)[N+]([O-])=NOC(C)OC(=O)c1ccccc1. The summed E-state index contributed by atoms with van der Waals surface area (Å²) in [6.45, 7) is 6.50. The summed E-state index contributed by atoms with van der Waals surface area (Å²) in [4.78, 5) is 30.1. The quantitative estimate of drug-likeness (QED) is 0.0573. The molecule has 0 fully saturated rings. The van der Waals surface area contributed by atoms with Crippen molar-refractivity contribution in [3.8, 4) is 16.9 Å². The van der Waals surface area contributed by atoms with E-state index < -0.39 is 52.0 Å². The summed E-state index contributed by atoms with van der Waals surface area (Å²) in [6, 6.07) is 19.1. The van der Waals surface area contributed by atoms with E-state index in [0.717, 1.165) is 33.5 Å². The van der Waals surface area contributed by atoms with Crippen LogP contribution in [0.4, 0.5) is 13.2 Å². The van der Waals surface area contributed by atoms with Crippen molar-refractivity contribution < 1.29 is 45.7 Å². The second kappa shape index (κ2) is 15.4. The van der Waals surface area contributed by atoms with Gasteiger partial charge in [-0.05, 0) is 55.3 Å². The number of amides is 1. The molecule has 1 amide bonds. The van der Waals surface area contributed by atoms with Gasteiger partial charge < -0.3 is 9.94 Å². The van der Waals surface area contributed by atoms with Gasteiger partial charge in [0.2, 0.25) is 5.28 Å². The van der Waals surface area contributed by atoms with E-state index in [2.05, 4.69) is 10.4 Å². The third-order valence-electron chi connectivity index (χ3n) is 7.65. The van der Waals surface area contributed by atoms with Gasteiger partial charge in [-0.3, -0.25) is 9.63 Å². The summed E-state index contributed by atoms with van der Waals surface area (Å²) >= 11 is 0. The molecule has 17 heteroatoms. The van der Waals surface area contributed by atoms with Crippen LogP contribution in [-0.2, 0) is 30.6 Å². The fraction of sp³-hybridized carbons (Fsp3) is 0.303. The number of sulfonamides is 1. The predicted octanol–water partition coefficient (Wildman–Crippen LogP) is 6.03. The minimum absolute atomic E-state index is 0.0738. The van der Waals surface area contributed by atoms with Crippen LogP contribution in [0.1, 0.15) is 48.8 Å². The molecule has 13 nitrogen and oxygen atoms in total. The summed E-state index contributed by atoms with van der Waals surface area (Å²) in [7, 11) is -3.33. The Balaban J connectivity index is 1.51. The van der Waals surface area contributed by atoms with Crippen molar-refractivity contribution >= 4 is 21.9 Å². The highest BCUT2D eigenvalue weighted by atomic mass is 32.2. The number of rotatable bonds is 13. The van der Waals surface area contributed by atoms with Crippen LogP contribution in [-0.4, -0.2) is 59.4 Å². The number of aryl methyl sites for hydroxylation is 1. The molecule has 1 heterocycles. The first-order chi connectivity index (χ1) is 23.5. The van der Waals surface area contributed by atoms with E-state index >= 15 is 0 Å². The molecule has 0 bridgehead atoms. The van der Waals surface area contributed by atoms with Gasteiger partial charge in [0.15, 0.2) is 11.7 Å². The molecule has 1 N–H and O–H groups in total. The van der Waals surface area contributed by atoms with Crippen molar-refractivity contribution in [1.29, 1.82) is 0 Å². The number of ether oxygens (including phenoxy) is 1. The molecule has 0 aliphatic carbocycles. The second-order valence-electron chi connectivity index (χ2n) is 11.3. The molecule has 0 saturated heterocycles. The fourth-order valence-electron chi connectivity index (χ4n) is 4.77. The lowest BCUT2D eigenvalue weighted by Crippen LogP contribution is -2.52. The maximum absolute atomic E-state index is 13.6. The Kier molecular flexibility index (Phi) is 11.5. The molecular formula is C33H35F3N6O7S. The highest BCUT2D eigenvalue weighted by Crippen LogP contribution is 2.33. The molecule has 0 spiro atoms. The van der Waals surface area contributed by atoms with E-state index in [9.17, 15) is 36.4 Å². The first kappa shape index (κ1) is 37.4. The summed E-state index contributed by atoms with van der Waals surface area (Å²) in [5, 5.41) is 20.7. The van der Waals surface area contributed by atoms with E-state index in [1.165, 1.54) is 38.2 Å². The highest BCUT2D eigenvalue weighted by Gasteiger charge is 2.37. The minimum atomic E-state index is -4.73. The second-order valence-corrected chi connectivity index (χ2v) is 13.0. The van der Waals surface area contributed by atoms with Gasteiger partial charge in [0.25, 0.3) is 22.2 Å². The van der Waals surface area contributed by atoms with Crippen molar-refractivity contribution in [3.05, 3.63) is 107 Å². The van der Waals surface area contributed by atoms with E-state index in [-0.39, 0.29) is 26.8 Å². The molecule has 3 atom stereocenters. The Morgan fingerprint density at radius 3 is 2.24 bits per heavy atom. The zero-order valence-corrected chi connectivity index (χ0v) is 28.5. The van der Waals surface area contributed by atoms with Gasteiger partial charge in [0, 0.05) is 12.5 Å². The summed E-state index contributed by atoms with van der Waals surface area (Å²) in [6.07, 6.45) is -5.67. The Morgan fingerprint density at radius 1 is 1.04 bits per heavy atom. The number of hydrogen-bond acceptors (Lipinski definition) is 9. The molecular weight excluding hydrogens is 681 g/mol. The van der Waals surface area contributed by atoms with Crippen LogP contribution < -0.4 is 4.72 Å². The third-order valence-corrected chi connectivity index (χ3v) is 9.01. The highest BCUT2D eigenvalue weighted by molar-refractivity contribution is 7.90. The zero-order chi connectivity index (χ0) is 36.8. The van der Waals surface area contributed by atoms with Crippen LogP contribution in [0.2, 0.25) is 0 Å². The fourth-order valence-corrected chi connectivity index (χ4v) is 5.77. The van der Waals surface area contributed by atoms with E-state index in [0.29, 0.717) is 12.0 Å². The third kappa shape index (κ3) is 8.96. The molecule has 0 saturated carbocycles. The van der Waals surface area contributed by atoms with E-state index in [4.69, 9.17) is 9.57 Å². The van der Waals surface area contributed by atoms with Crippen molar-refractivity contribution in [2.45, 2.75) is 57.5 Å². The topological polar surface area (TPSA) is 158 Å². The van der Waals surface area contributed by atoms with Gasteiger partial charge in [0.05, 0.1) is 33.9 Å². The van der Waals surface area contributed by atoms with Crippen LogP contribution in [0.25, 0.3) is 16.9 Å². The Morgan fingerprint density at radius 2 is 1.66 bits per heavy atom. The maximum atomic E-state index is 13.6. The first-order valence-electron chi connectivity index (χ1n) is 15.3. The number of nitrogens with zero attached hydrogens (tertiary/aromatic N) is 5. The Bertz CT molecular complexity index is 1930. The van der Waals surface area contributed by atoms with Crippen molar-refractivity contribution in [2.24, 2.45) is 11.2 Å². The van der Waals surface area contributed by atoms with Crippen LogP contribution in [0.3, 0.4) is 0 Å². The standard InChI is InChI=1S/C33H35F3N6O7S/c1-6-22(3)30(40(5)42(45)39-49-23(4)48-32(44)25-10-8-7-9-11-25)31(43)38-50(46,47)27-18-16-26(17-19-27)41-28(20-29(37-41)33(34,35)36)24-14-12-21(2)13-15-24/h7-20,22-23,30H,6H2,1-5H3,(H,38,43)/t22-,23?,30+/m1/s1. The largest absolute Gasteiger partial charge is 0.569 e. The predicted molar refractivity (Wildman–Crippen MR) is 174 cm³/mol. The number of alkyl halides is 3. The molecule has 0 aliphatic rings. The number of esters is 1. The molecule has 1 unspecified atom stereocenters. The summed E-state index contributed by atoms with van der Waals surface area (Å²) < 4.78 is 75.5. The van der Waals surface area contributed by atoms with Crippen LogP contribution in [0.15, 0.2) is 95.1 Å².